The third-order valence-corrected chi connectivity index (χ3v) is 2.60. The quantitative estimate of drug-likeness (QED) is 0.665. The molecule has 102 valence electrons. The highest BCUT2D eigenvalue weighted by Crippen LogP contribution is 1.90. The van der Waals surface area contributed by atoms with Gasteiger partial charge in [0.15, 0.2) is 0 Å². The number of nitrogen functional groups attached to an aromatic ring is 1. The highest BCUT2D eigenvalue weighted by molar-refractivity contribution is 5.75. The maximum Gasteiger partial charge on any atom is 0.241 e. The number of aromatic nitrogens is 3. The predicted octanol–water partition coefficient (Wildman–Crippen LogP) is -0.292. The van der Waals surface area contributed by atoms with Crippen LogP contribution in [0.2, 0.25) is 0 Å². The van der Waals surface area contributed by atoms with Gasteiger partial charge in [-0.05, 0) is 19.5 Å². The molecular weight excluding hydrogens is 232 g/mol. The SMILES string of the molecule is CCCN(CC)CCNC(=O)Cn1cnc(N)n1. The zero-order valence-electron chi connectivity index (χ0n) is 11.1. The van der Waals surface area contributed by atoms with Crippen molar-refractivity contribution in [3.63, 3.8) is 0 Å². The van der Waals surface area contributed by atoms with Crippen LogP contribution in [0, 0.1) is 0 Å². The molecule has 0 radical (unpaired) electrons. The lowest BCUT2D eigenvalue weighted by Crippen LogP contribution is -2.36. The molecule has 0 atom stereocenters. The third-order valence-electron chi connectivity index (χ3n) is 2.60. The molecule has 0 aliphatic carbocycles. The Morgan fingerprint density at radius 2 is 2.28 bits per heavy atom. The van der Waals surface area contributed by atoms with E-state index >= 15 is 0 Å². The Balaban J connectivity index is 2.20. The number of nitrogens with one attached hydrogen (secondary N) is 1. The summed E-state index contributed by atoms with van der Waals surface area (Å²) in [6.07, 6.45) is 2.57. The second-order valence-electron chi connectivity index (χ2n) is 4.08. The van der Waals surface area contributed by atoms with Gasteiger partial charge >= 0.3 is 0 Å². The fourth-order valence-electron chi connectivity index (χ4n) is 1.69. The summed E-state index contributed by atoms with van der Waals surface area (Å²) in [6.45, 7) is 8.01. The summed E-state index contributed by atoms with van der Waals surface area (Å²) in [7, 11) is 0. The summed E-state index contributed by atoms with van der Waals surface area (Å²) in [4.78, 5) is 17.6. The number of hydrogen-bond donors (Lipinski definition) is 2. The van der Waals surface area contributed by atoms with Gasteiger partial charge in [-0.3, -0.25) is 4.79 Å². The molecule has 18 heavy (non-hydrogen) atoms. The molecule has 0 bridgehead atoms. The van der Waals surface area contributed by atoms with Crippen molar-refractivity contribution in [2.45, 2.75) is 26.8 Å². The number of hydrogen-bond acceptors (Lipinski definition) is 5. The second-order valence-corrected chi connectivity index (χ2v) is 4.08. The topological polar surface area (TPSA) is 89.1 Å². The van der Waals surface area contributed by atoms with E-state index in [1.807, 2.05) is 0 Å². The number of nitrogens with two attached hydrogens (primary N) is 1. The third kappa shape index (κ3) is 5.13. The molecule has 0 aliphatic rings. The van der Waals surface area contributed by atoms with Crippen LogP contribution in [-0.2, 0) is 11.3 Å². The number of carbonyl (C=O) groups excluding carboxylic acids is 1. The Bertz CT molecular complexity index is 364. The molecule has 7 heteroatoms. The Kier molecular flexibility index (Phi) is 6.13. The van der Waals surface area contributed by atoms with Crippen molar-refractivity contribution in [1.82, 2.24) is 25.0 Å². The van der Waals surface area contributed by atoms with Gasteiger partial charge < -0.3 is 16.0 Å². The van der Waals surface area contributed by atoms with Crippen molar-refractivity contribution in [2.24, 2.45) is 0 Å². The second kappa shape index (κ2) is 7.65. The van der Waals surface area contributed by atoms with Gasteiger partial charge in [0, 0.05) is 13.1 Å². The molecule has 0 fully saturated rings. The normalized spacial score (nSPS) is 10.8. The molecule has 7 nitrogen and oxygen atoms in total. The minimum absolute atomic E-state index is 0.0764. The van der Waals surface area contributed by atoms with Crippen LogP contribution in [-0.4, -0.2) is 51.8 Å². The Morgan fingerprint density at radius 1 is 1.50 bits per heavy atom. The van der Waals surface area contributed by atoms with E-state index in [4.69, 9.17) is 5.73 Å². The average Bonchev–Trinajstić information content (AvgIpc) is 2.73. The largest absolute Gasteiger partial charge is 0.367 e. The number of carbonyl (C=O) groups is 1. The highest BCUT2D eigenvalue weighted by Gasteiger charge is 2.05. The van der Waals surface area contributed by atoms with Gasteiger partial charge in [0.05, 0.1) is 0 Å². The molecule has 1 aromatic rings. The molecule has 0 saturated carbocycles. The van der Waals surface area contributed by atoms with Gasteiger partial charge in [0.25, 0.3) is 0 Å². The summed E-state index contributed by atoms with van der Waals surface area (Å²) in [5.74, 6) is 0.107. The Morgan fingerprint density at radius 3 is 2.83 bits per heavy atom. The number of amides is 1. The van der Waals surface area contributed by atoms with Crippen LogP contribution in [0.1, 0.15) is 20.3 Å². The molecule has 0 spiro atoms. The summed E-state index contributed by atoms with van der Waals surface area (Å²) < 4.78 is 1.42. The maximum atomic E-state index is 11.6. The van der Waals surface area contributed by atoms with Gasteiger partial charge in [-0.15, -0.1) is 5.10 Å². The smallest absolute Gasteiger partial charge is 0.241 e. The van der Waals surface area contributed by atoms with E-state index < -0.39 is 0 Å². The molecule has 1 rings (SSSR count). The van der Waals surface area contributed by atoms with Crippen molar-refractivity contribution >= 4 is 11.9 Å². The molecule has 0 aliphatic heterocycles. The van der Waals surface area contributed by atoms with Gasteiger partial charge in [0.2, 0.25) is 11.9 Å². The number of likely N-dealkylation sites (N-methyl/N-ethyl adjacent to an activating group) is 1. The lowest BCUT2D eigenvalue weighted by Gasteiger charge is -2.19. The lowest BCUT2D eigenvalue weighted by atomic mass is 10.4. The van der Waals surface area contributed by atoms with Crippen LogP contribution in [0.4, 0.5) is 5.95 Å². The molecule has 3 N–H and O–H groups in total. The zero-order valence-corrected chi connectivity index (χ0v) is 11.1. The van der Waals surface area contributed by atoms with Crippen molar-refractivity contribution in [2.75, 3.05) is 31.9 Å². The van der Waals surface area contributed by atoms with Crippen LogP contribution >= 0.6 is 0 Å². The van der Waals surface area contributed by atoms with Crippen LogP contribution in [0.25, 0.3) is 0 Å². The van der Waals surface area contributed by atoms with Crippen LogP contribution in [0.15, 0.2) is 6.33 Å². The zero-order chi connectivity index (χ0) is 13.4. The fourth-order valence-corrected chi connectivity index (χ4v) is 1.69. The van der Waals surface area contributed by atoms with Crippen molar-refractivity contribution in [1.29, 1.82) is 0 Å². The molecular formula is C11H22N6O. The van der Waals surface area contributed by atoms with Gasteiger partial charge in [-0.2, -0.15) is 0 Å². The molecule has 1 heterocycles. The minimum atomic E-state index is -0.0764. The summed E-state index contributed by atoms with van der Waals surface area (Å²) in [5.41, 5.74) is 5.36. The van der Waals surface area contributed by atoms with Gasteiger partial charge in [0.1, 0.15) is 12.9 Å². The first-order valence-corrected chi connectivity index (χ1v) is 6.29. The first kappa shape index (κ1) is 14.4. The van der Waals surface area contributed by atoms with Crippen LogP contribution in [0.5, 0.6) is 0 Å². The van der Waals surface area contributed by atoms with E-state index in [1.165, 1.54) is 11.0 Å². The Hall–Kier alpha value is -1.63. The molecule has 1 aromatic heterocycles. The number of anilines is 1. The van der Waals surface area contributed by atoms with E-state index in [-0.39, 0.29) is 18.4 Å². The molecule has 0 aromatic carbocycles. The van der Waals surface area contributed by atoms with E-state index in [9.17, 15) is 4.79 Å². The Labute approximate surface area is 107 Å². The number of nitrogens with zero attached hydrogens (tertiary/aromatic N) is 4. The van der Waals surface area contributed by atoms with E-state index in [2.05, 4.69) is 34.1 Å². The van der Waals surface area contributed by atoms with Gasteiger partial charge in [-0.1, -0.05) is 13.8 Å². The van der Waals surface area contributed by atoms with Crippen molar-refractivity contribution in [3.8, 4) is 0 Å². The van der Waals surface area contributed by atoms with E-state index in [0.717, 1.165) is 26.1 Å². The molecule has 1 amide bonds. The predicted molar refractivity (Wildman–Crippen MR) is 69.8 cm³/mol. The molecule has 0 saturated heterocycles. The number of rotatable bonds is 8. The summed E-state index contributed by atoms with van der Waals surface area (Å²) >= 11 is 0. The minimum Gasteiger partial charge on any atom is -0.367 e. The van der Waals surface area contributed by atoms with Crippen LogP contribution < -0.4 is 11.1 Å². The highest BCUT2D eigenvalue weighted by atomic mass is 16.2. The van der Waals surface area contributed by atoms with E-state index in [1.54, 1.807) is 0 Å². The maximum absolute atomic E-state index is 11.6. The fraction of sp³-hybridized carbons (Fsp3) is 0.727. The van der Waals surface area contributed by atoms with E-state index in [0.29, 0.717) is 6.54 Å². The summed E-state index contributed by atoms with van der Waals surface area (Å²) in [6, 6.07) is 0. The first-order valence-electron chi connectivity index (χ1n) is 6.29. The molecule has 0 unspecified atom stereocenters. The van der Waals surface area contributed by atoms with Crippen molar-refractivity contribution in [3.05, 3.63) is 6.33 Å². The average molecular weight is 254 g/mol. The first-order chi connectivity index (χ1) is 8.65. The van der Waals surface area contributed by atoms with Crippen molar-refractivity contribution < 1.29 is 4.79 Å². The lowest BCUT2D eigenvalue weighted by molar-refractivity contribution is -0.121. The van der Waals surface area contributed by atoms with Crippen LogP contribution in [0.3, 0.4) is 0 Å². The monoisotopic (exact) mass is 254 g/mol. The van der Waals surface area contributed by atoms with Gasteiger partial charge in [-0.25, -0.2) is 9.67 Å². The standard InChI is InChI=1S/C11H22N6O/c1-3-6-16(4-2)7-5-13-10(18)8-17-9-14-11(12)15-17/h9H,3-8H2,1-2H3,(H2,12,15)(H,13,18). The summed E-state index contributed by atoms with van der Waals surface area (Å²) in [5, 5.41) is 6.71.